The van der Waals surface area contributed by atoms with Crippen LogP contribution in [0.15, 0.2) is 38.5 Å². The fourth-order valence-corrected chi connectivity index (χ4v) is 3.93. The van der Waals surface area contributed by atoms with Gasteiger partial charge in [-0.2, -0.15) is 0 Å². The van der Waals surface area contributed by atoms with E-state index in [2.05, 4.69) is 25.6 Å². The molecule has 0 unspecified atom stereocenters. The van der Waals surface area contributed by atoms with E-state index in [9.17, 15) is 8.42 Å². The summed E-state index contributed by atoms with van der Waals surface area (Å²) in [5, 5.41) is 10.5. The third-order valence-electron chi connectivity index (χ3n) is 2.07. The molecule has 8 heteroatoms. The van der Waals surface area contributed by atoms with Crippen molar-refractivity contribution in [3.05, 3.63) is 39.8 Å². The largest absolute Gasteiger partial charge is 0.392 e. The van der Waals surface area contributed by atoms with E-state index in [1.165, 1.54) is 12.3 Å². The van der Waals surface area contributed by atoms with Gasteiger partial charge in [-0.25, -0.2) is 13.4 Å². The predicted octanol–water partition coefficient (Wildman–Crippen LogP) is 2.20. The van der Waals surface area contributed by atoms with Gasteiger partial charge in [-0.05, 0) is 45.1 Å². The molecule has 2 rings (SSSR count). The van der Waals surface area contributed by atoms with Crippen LogP contribution in [0.1, 0.15) is 5.56 Å². The molecule has 0 bridgehead atoms. The van der Waals surface area contributed by atoms with E-state index in [0.717, 1.165) is 11.3 Å². The summed E-state index contributed by atoms with van der Waals surface area (Å²) in [6.07, 6.45) is 1.50. The minimum Gasteiger partial charge on any atom is -0.392 e. The third-order valence-corrected chi connectivity index (χ3v) is 5.53. The summed E-state index contributed by atoms with van der Waals surface area (Å²) >= 11 is 4.27. The van der Waals surface area contributed by atoms with Crippen molar-refractivity contribution in [3.8, 4) is 0 Å². The molecular formula is C10H9BrN2O3S2. The van der Waals surface area contributed by atoms with Gasteiger partial charge in [-0.3, -0.25) is 4.72 Å². The second-order valence-corrected chi connectivity index (χ2v) is 7.05. The van der Waals surface area contributed by atoms with Crippen LogP contribution in [0.3, 0.4) is 0 Å². The minimum absolute atomic E-state index is 0.143. The first kappa shape index (κ1) is 13.5. The summed E-state index contributed by atoms with van der Waals surface area (Å²) in [4.78, 5) is 3.93. The van der Waals surface area contributed by atoms with Gasteiger partial charge in [0.1, 0.15) is 4.21 Å². The predicted molar refractivity (Wildman–Crippen MR) is 73.0 cm³/mol. The van der Waals surface area contributed by atoms with Gasteiger partial charge in [0.15, 0.2) is 5.82 Å². The first-order chi connectivity index (χ1) is 8.53. The lowest BCUT2D eigenvalue weighted by Gasteiger charge is -2.06. The van der Waals surface area contributed by atoms with Crippen molar-refractivity contribution in [2.75, 3.05) is 4.72 Å². The zero-order valence-corrected chi connectivity index (χ0v) is 12.2. The highest BCUT2D eigenvalue weighted by atomic mass is 79.9. The molecule has 5 nitrogen and oxygen atoms in total. The number of nitrogens with one attached hydrogen (secondary N) is 1. The van der Waals surface area contributed by atoms with Crippen LogP contribution in [-0.4, -0.2) is 18.5 Å². The van der Waals surface area contributed by atoms with Crippen molar-refractivity contribution in [1.29, 1.82) is 0 Å². The number of nitrogens with zero attached hydrogens (tertiary/aromatic N) is 1. The molecule has 0 aliphatic carbocycles. The standard InChI is InChI=1S/C10H9BrN2O3S2/c11-8-2-1-3-12-10(8)13-18(15,16)9-4-7(5-14)6-17-9/h1-4,6,14H,5H2,(H,12,13). The maximum absolute atomic E-state index is 12.0. The van der Waals surface area contributed by atoms with Crippen LogP contribution in [0.5, 0.6) is 0 Å². The number of thiophene rings is 1. The summed E-state index contributed by atoms with van der Waals surface area (Å²) in [7, 11) is -3.66. The number of halogens is 1. The Bertz CT molecular complexity index is 655. The lowest BCUT2D eigenvalue weighted by atomic mass is 10.4. The fourth-order valence-electron chi connectivity index (χ4n) is 1.22. The van der Waals surface area contributed by atoms with Gasteiger partial charge in [0.05, 0.1) is 11.1 Å². The van der Waals surface area contributed by atoms with Gasteiger partial charge in [0.2, 0.25) is 0 Å². The molecule has 0 fully saturated rings. The highest BCUT2D eigenvalue weighted by Crippen LogP contribution is 2.25. The average Bonchev–Trinajstić information content (AvgIpc) is 2.81. The van der Waals surface area contributed by atoms with Crippen LogP contribution >= 0.6 is 27.3 Å². The second kappa shape index (κ2) is 5.35. The Morgan fingerprint density at radius 1 is 1.50 bits per heavy atom. The first-order valence-corrected chi connectivity index (χ1v) is 8.00. The maximum atomic E-state index is 12.0. The van der Waals surface area contributed by atoms with E-state index >= 15 is 0 Å². The van der Waals surface area contributed by atoms with Crippen LogP contribution in [-0.2, 0) is 16.6 Å². The van der Waals surface area contributed by atoms with Gasteiger partial charge in [0.25, 0.3) is 10.0 Å². The Morgan fingerprint density at radius 3 is 2.89 bits per heavy atom. The summed E-state index contributed by atoms with van der Waals surface area (Å²) < 4.78 is 27.2. The number of aliphatic hydroxyl groups excluding tert-OH is 1. The molecule has 0 aliphatic heterocycles. The molecule has 2 aromatic rings. The van der Waals surface area contributed by atoms with Crippen LogP contribution in [0.4, 0.5) is 5.82 Å². The second-order valence-electron chi connectivity index (χ2n) is 3.37. The summed E-state index contributed by atoms with van der Waals surface area (Å²) in [6, 6.07) is 4.82. The number of aliphatic hydroxyl groups is 1. The molecule has 96 valence electrons. The van der Waals surface area contributed by atoms with E-state index < -0.39 is 10.0 Å². The zero-order chi connectivity index (χ0) is 13.2. The Morgan fingerprint density at radius 2 is 2.28 bits per heavy atom. The van der Waals surface area contributed by atoms with Crippen molar-refractivity contribution in [3.63, 3.8) is 0 Å². The molecular weight excluding hydrogens is 340 g/mol. The third kappa shape index (κ3) is 2.89. The highest BCUT2D eigenvalue weighted by molar-refractivity contribution is 9.10. The molecule has 0 spiro atoms. The van der Waals surface area contributed by atoms with E-state index in [1.807, 2.05) is 0 Å². The molecule has 18 heavy (non-hydrogen) atoms. The van der Waals surface area contributed by atoms with E-state index in [1.54, 1.807) is 17.5 Å². The van der Waals surface area contributed by atoms with Crippen molar-refractivity contribution < 1.29 is 13.5 Å². The number of hydrogen-bond acceptors (Lipinski definition) is 5. The maximum Gasteiger partial charge on any atom is 0.272 e. The molecule has 2 aromatic heterocycles. The Kier molecular flexibility index (Phi) is 4.00. The quantitative estimate of drug-likeness (QED) is 0.887. The van der Waals surface area contributed by atoms with Gasteiger partial charge in [-0.1, -0.05) is 0 Å². The summed E-state index contributed by atoms with van der Waals surface area (Å²) in [5.41, 5.74) is 0.570. The summed E-state index contributed by atoms with van der Waals surface area (Å²) in [6.45, 7) is -0.181. The normalized spacial score (nSPS) is 11.4. The number of sulfonamides is 1. The molecule has 0 atom stereocenters. The molecule has 0 saturated carbocycles. The van der Waals surface area contributed by atoms with Crippen LogP contribution in [0, 0.1) is 0 Å². The molecule has 0 amide bonds. The van der Waals surface area contributed by atoms with Crippen LogP contribution in [0.2, 0.25) is 0 Å². The Labute approximate surface area is 117 Å². The zero-order valence-electron chi connectivity index (χ0n) is 9.00. The molecule has 0 aromatic carbocycles. The summed E-state index contributed by atoms with van der Waals surface area (Å²) in [5.74, 6) is 0.233. The molecule has 0 saturated heterocycles. The number of pyridine rings is 1. The SMILES string of the molecule is O=S(=O)(Nc1ncccc1Br)c1cc(CO)cs1. The number of rotatable bonds is 4. The minimum atomic E-state index is -3.66. The molecule has 0 radical (unpaired) electrons. The number of anilines is 1. The lowest BCUT2D eigenvalue weighted by Crippen LogP contribution is -2.12. The van der Waals surface area contributed by atoms with Gasteiger partial charge in [0, 0.05) is 6.20 Å². The smallest absolute Gasteiger partial charge is 0.272 e. The molecule has 2 N–H and O–H groups in total. The van der Waals surface area contributed by atoms with Crippen molar-refractivity contribution in [2.24, 2.45) is 0 Å². The van der Waals surface area contributed by atoms with Crippen molar-refractivity contribution >= 4 is 43.1 Å². The van der Waals surface area contributed by atoms with E-state index in [4.69, 9.17) is 5.11 Å². The fraction of sp³-hybridized carbons (Fsp3) is 0.100. The lowest BCUT2D eigenvalue weighted by molar-refractivity contribution is 0.282. The Hall–Kier alpha value is -0.960. The van der Waals surface area contributed by atoms with Crippen LogP contribution < -0.4 is 4.72 Å². The van der Waals surface area contributed by atoms with Gasteiger partial charge >= 0.3 is 0 Å². The number of aromatic nitrogens is 1. The monoisotopic (exact) mass is 348 g/mol. The Balaban J connectivity index is 2.30. The molecule has 0 aliphatic rings. The van der Waals surface area contributed by atoms with E-state index in [0.29, 0.717) is 10.0 Å². The first-order valence-electron chi connectivity index (χ1n) is 4.84. The van der Waals surface area contributed by atoms with Crippen molar-refractivity contribution in [2.45, 2.75) is 10.8 Å². The van der Waals surface area contributed by atoms with E-state index in [-0.39, 0.29) is 16.6 Å². The molecule has 2 heterocycles. The average molecular weight is 349 g/mol. The van der Waals surface area contributed by atoms with Gasteiger partial charge < -0.3 is 5.11 Å². The number of hydrogen-bond donors (Lipinski definition) is 2. The topological polar surface area (TPSA) is 79.3 Å². The van der Waals surface area contributed by atoms with Crippen molar-refractivity contribution in [1.82, 2.24) is 4.98 Å². The highest BCUT2D eigenvalue weighted by Gasteiger charge is 2.18. The van der Waals surface area contributed by atoms with Crippen LogP contribution in [0.25, 0.3) is 0 Å². The van der Waals surface area contributed by atoms with Gasteiger partial charge in [-0.15, -0.1) is 11.3 Å².